The van der Waals surface area contributed by atoms with Crippen LogP contribution in [0, 0.1) is 0 Å². The number of nitrogens with one attached hydrogen (secondary N) is 2. The van der Waals surface area contributed by atoms with Crippen molar-refractivity contribution in [1.82, 2.24) is 10.6 Å². The normalized spacial score (nSPS) is 18.1. The molecule has 1 atom stereocenters. The van der Waals surface area contributed by atoms with Gasteiger partial charge in [-0.25, -0.2) is 0 Å². The third kappa shape index (κ3) is 5.36. The smallest absolute Gasteiger partial charge is 0.123 e. The summed E-state index contributed by atoms with van der Waals surface area (Å²) < 4.78 is 5.57. The summed E-state index contributed by atoms with van der Waals surface area (Å²) in [4.78, 5) is 0. The lowest BCUT2D eigenvalue weighted by molar-refractivity contribution is 0.197. The predicted octanol–water partition coefficient (Wildman–Crippen LogP) is 5.75. The van der Waals surface area contributed by atoms with E-state index < -0.39 is 0 Å². The van der Waals surface area contributed by atoms with E-state index in [1.54, 1.807) is 7.11 Å². The van der Waals surface area contributed by atoms with E-state index in [1.165, 1.54) is 56.1 Å². The Morgan fingerprint density at radius 3 is 2.21 bits per heavy atom. The number of benzene rings is 2. The first-order valence-corrected chi connectivity index (χ1v) is 11.0. The molecule has 3 rings (SSSR count). The van der Waals surface area contributed by atoms with Crippen molar-refractivity contribution in [1.29, 1.82) is 0 Å². The van der Waals surface area contributed by atoms with Crippen LogP contribution in [-0.4, -0.2) is 13.2 Å². The second-order valence-corrected chi connectivity index (χ2v) is 7.98. The van der Waals surface area contributed by atoms with Gasteiger partial charge in [-0.2, -0.15) is 0 Å². The van der Waals surface area contributed by atoms with Gasteiger partial charge in [-0.05, 0) is 30.9 Å². The van der Waals surface area contributed by atoms with E-state index in [-0.39, 0.29) is 5.66 Å². The Labute approximate surface area is 170 Å². The molecule has 1 aliphatic rings. The van der Waals surface area contributed by atoms with Crippen molar-refractivity contribution in [3.63, 3.8) is 0 Å². The van der Waals surface area contributed by atoms with Crippen LogP contribution in [0.25, 0.3) is 0 Å². The summed E-state index contributed by atoms with van der Waals surface area (Å²) in [7, 11) is 1.75. The van der Waals surface area contributed by atoms with Gasteiger partial charge in [-0.3, -0.25) is 10.6 Å². The van der Waals surface area contributed by atoms with Gasteiger partial charge in [0.2, 0.25) is 0 Å². The lowest BCUT2D eigenvalue weighted by atomic mass is 9.91. The molecule has 0 saturated heterocycles. The van der Waals surface area contributed by atoms with E-state index in [4.69, 9.17) is 4.74 Å². The minimum Gasteiger partial charge on any atom is -0.496 e. The number of rotatable bonds is 8. The monoisotopic (exact) mass is 380 g/mol. The van der Waals surface area contributed by atoms with Crippen molar-refractivity contribution in [3.05, 3.63) is 65.7 Å². The summed E-state index contributed by atoms with van der Waals surface area (Å²) in [5.74, 6) is 0.944. The van der Waals surface area contributed by atoms with Gasteiger partial charge in [-0.1, -0.05) is 87.6 Å². The van der Waals surface area contributed by atoms with Crippen molar-refractivity contribution in [2.24, 2.45) is 0 Å². The van der Waals surface area contributed by atoms with Crippen LogP contribution >= 0.6 is 0 Å². The number of methoxy groups -OCH3 is 1. The van der Waals surface area contributed by atoms with E-state index in [0.717, 1.165) is 18.7 Å². The zero-order valence-electron chi connectivity index (χ0n) is 17.5. The highest BCUT2D eigenvalue weighted by atomic mass is 16.5. The molecular formula is C25H36N2O. The zero-order valence-corrected chi connectivity index (χ0v) is 17.5. The molecule has 1 fully saturated rings. The highest BCUT2D eigenvalue weighted by Gasteiger charge is 2.32. The predicted molar refractivity (Wildman–Crippen MR) is 117 cm³/mol. The summed E-state index contributed by atoms with van der Waals surface area (Å²) >= 11 is 0. The molecule has 3 heteroatoms. The Hall–Kier alpha value is -1.84. The van der Waals surface area contributed by atoms with Crippen LogP contribution in [0.3, 0.4) is 0 Å². The molecule has 0 unspecified atom stereocenters. The maximum atomic E-state index is 5.57. The second-order valence-electron chi connectivity index (χ2n) is 7.98. The van der Waals surface area contributed by atoms with Gasteiger partial charge >= 0.3 is 0 Å². The van der Waals surface area contributed by atoms with Crippen LogP contribution in [0.5, 0.6) is 5.75 Å². The van der Waals surface area contributed by atoms with Gasteiger partial charge in [0.25, 0.3) is 0 Å². The van der Waals surface area contributed by atoms with Gasteiger partial charge in [0, 0.05) is 18.2 Å². The Balaban J connectivity index is 1.83. The lowest BCUT2D eigenvalue weighted by Crippen LogP contribution is -2.57. The average molecular weight is 381 g/mol. The minimum absolute atomic E-state index is 0.230. The van der Waals surface area contributed by atoms with E-state index >= 15 is 0 Å². The molecule has 2 aromatic rings. The van der Waals surface area contributed by atoms with Crippen LogP contribution in [-0.2, 0) is 12.2 Å². The summed E-state index contributed by atoms with van der Waals surface area (Å²) in [5, 5.41) is 7.94. The topological polar surface area (TPSA) is 33.3 Å². The lowest BCUT2D eigenvalue weighted by Gasteiger charge is -2.40. The maximum Gasteiger partial charge on any atom is 0.123 e. The van der Waals surface area contributed by atoms with Crippen LogP contribution in [0.2, 0.25) is 0 Å². The van der Waals surface area contributed by atoms with E-state index in [2.05, 4.69) is 60.0 Å². The molecule has 0 heterocycles. The molecule has 0 spiro atoms. The van der Waals surface area contributed by atoms with Crippen molar-refractivity contribution in [2.45, 2.75) is 76.5 Å². The fraction of sp³-hybridized carbons (Fsp3) is 0.520. The molecule has 2 N–H and O–H groups in total. The van der Waals surface area contributed by atoms with Gasteiger partial charge in [0.15, 0.2) is 0 Å². The molecule has 2 aromatic carbocycles. The number of para-hydroxylation sites is 1. The molecule has 0 aromatic heterocycles. The molecule has 1 aliphatic carbocycles. The summed E-state index contributed by atoms with van der Waals surface area (Å²) in [6, 6.07) is 19.7. The van der Waals surface area contributed by atoms with Crippen molar-refractivity contribution < 1.29 is 4.74 Å². The molecule has 0 bridgehead atoms. The minimum atomic E-state index is -0.230. The highest BCUT2D eigenvalue weighted by molar-refractivity contribution is 5.33. The van der Waals surface area contributed by atoms with Crippen molar-refractivity contribution in [2.75, 3.05) is 7.11 Å². The molecule has 28 heavy (non-hydrogen) atoms. The maximum absolute atomic E-state index is 5.57. The SMILES string of the molecule is CC[C@@](NCc1ccccc1OC)(NC1CCCCCCC1)c1ccccc1. The van der Waals surface area contributed by atoms with Crippen molar-refractivity contribution in [3.8, 4) is 5.75 Å². The van der Waals surface area contributed by atoms with E-state index in [0.29, 0.717) is 6.04 Å². The highest BCUT2D eigenvalue weighted by Crippen LogP contribution is 2.28. The Morgan fingerprint density at radius 2 is 1.54 bits per heavy atom. The van der Waals surface area contributed by atoms with Gasteiger partial charge in [0.05, 0.1) is 12.8 Å². The zero-order chi connectivity index (χ0) is 19.7. The quantitative estimate of drug-likeness (QED) is 0.572. The third-order valence-electron chi connectivity index (χ3n) is 6.13. The van der Waals surface area contributed by atoms with Gasteiger partial charge < -0.3 is 4.74 Å². The summed E-state index contributed by atoms with van der Waals surface area (Å²) in [6.45, 7) is 3.05. The number of hydrogen-bond acceptors (Lipinski definition) is 3. The Morgan fingerprint density at radius 1 is 0.893 bits per heavy atom. The molecule has 0 aliphatic heterocycles. The number of ether oxygens (including phenoxy) is 1. The molecule has 0 amide bonds. The molecule has 152 valence electrons. The first-order chi connectivity index (χ1) is 13.8. The standard InChI is InChI=1S/C25H36N2O/c1-3-25(22-15-8-7-9-16-22,27-23-17-10-5-4-6-11-18-23)26-20-21-14-12-13-19-24(21)28-2/h7-9,12-16,19,23,26-27H,3-6,10-11,17-18,20H2,1-2H3/t25-/m1/s1. The van der Waals surface area contributed by atoms with E-state index in [9.17, 15) is 0 Å². The Bertz CT molecular complexity index is 695. The summed E-state index contributed by atoms with van der Waals surface area (Å²) in [6.07, 6.45) is 10.3. The summed E-state index contributed by atoms with van der Waals surface area (Å²) in [5.41, 5.74) is 2.28. The van der Waals surface area contributed by atoms with Gasteiger partial charge in [-0.15, -0.1) is 0 Å². The molecule has 1 saturated carbocycles. The second kappa shape index (κ2) is 10.6. The van der Waals surface area contributed by atoms with Crippen LogP contribution in [0.1, 0.15) is 69.4 Å². The molecule has 3 nitrogen and oxygen atoms in total. The first kappa shape index (κ1) is 20.9. The van der Waals surface area contributed by atoms with Crippen molar-refractivity contribution >= 4 is 0 Å². The largest absolute Gasteiger partial charge is 0.496 e. The van der Waals surface area contributed by atoms with Crippen LogP contribution in [0.4, 0.5) is 0 Å². The van der Waals surface area contributed by atoms with Crippen LogP contribution < -0.4 is 15.4 Å². The third-order valence-corrected chi connectivity index (χ3v) is 6.13. The Kier molecular flexibility index (Phi) is 7.93. The number of hydrogen-bond donors (Lipinski definition) is 2. The fourth-order valence-electron chi connectivity index (χ4n) is 4.43. The molecular weight excluding hydrogens is 344 g/mol. The average Bonchev–Trinajstić information content (AvgIpc) is 2.73. The fourth-order valence-corrected chi connectivity index (χ4v) is 4.43. The molecule has 0 radical (unpaired) electrons. The van der Waals surface area contributed by atoms with Crippen LogP contribution in [0.15, 0.2) is 54.6 Å². The first-order valence-electron chi connectivity index (χ1n) is 11.0. The van der Waals surface area contributed by atoms with E-state index in [1.807, 2.05) is 12.1 Å². The van der Waals surface area contributed by atoms with Gasteiger partial charge in [0.1, 0.15) is 5.75 Å².